The smallest absolute Gasteiger partial charge is 0.479 e. The van der Waals surface area contributed by atoms with Gasteiger partial charge in [-0.3, -0.25) is 14.5 Å². The van der Waals surface area contributed by atoms with Crippen molar-refractivity contribution in [2.75, 3.05) is 76.7 Å². The van der Waals surface area contributed by atoms with Gasteiger partial charge in [0.1, 0.15) is 24.0 Å². The average molecular weight is 919 g/mol. The molecule has 67 heavy (non-hydrogen) atoms. The highest BCUT2D eigenvalue weighted by atomic mass is 19.3. The molecular weight excluding hydrogens is 865 g/mol. The fourth-order valence-electron chi connectivity index (χ4n) is 8.92. The van der Waals surface area contributed by atoms with E-state index < -0.39 is 17.8 Å². The number of hydrogen-bond donors (Lipinski definition) is 2. The van der Waals surface area contributed by atoms with Crippen LogP contribution in [-0.2, 0) is 43.9 Å². The maximum Gasteiger partial charge on any atom is 0.586 e. The molecule has 1 atom stereocenters. The average Bonchev–Trinajstić information content (AvgIpc) is 3.92. The Morgan fingerprint density at radius 1 is 0.896 bits per heavy atom. The van der Waals surface area contributed by atoms with E-state index in [9.17, 15) is 23.3 Å². The zero-order chi connectivity index (χ0) is 46.7. The van der Waals surface area contributed by atoms with Gasteiger partial charge in [-0.2, -0.15) is 0 Å². The zero-order valence-electron chi connectivity index (χ0n) is 37.6. The zero-order valence-corrected chi connectivity index (χ0v) is 37.6. The number of alkyl halides is 2. The molecule has 1 aliphatic carbocycles. The molecule has 1 saturated heterocycles. The Labute approximate surface area is 387 Å². The normalized spacial score (nSPS) is 17.7. The predicted molar refractivity (Wildman–Crippen MR) is 245 cm³/mol. The highest BCUT2D eigenvalue weighted by Gasteiger charge is 2.53. The van der Waals surface area contributed by atoms with Gasteiger partial charge in [0.05, 0.1) is 30.9 Å². The van der Waals surface area contributed by atoms with Crippen molar-refractivity contribution in [1.29, 1.82) is 0 Å². The fourth-order valence-corrected chi connectivity index (χ4v) is 8.92. The van der Waals surface area contributed by atoms with Gasteiger partial charge in [0.2, 0.25) is 19.0 Å². The molecule has 3 N–H and O–H groups in total. The number of carbonyl (C=O) groups is 2. The minimum absolute atomic E-state index is 0.0106. The summed E-state index contributed by atoms with van der Waals surface area (Å²) in [6.07, 6.45) is -0.105. The number of fused-ring (bicyclic) bond motifs is 2. The van der Waals surface area contributed by atoms with Crippen molar-refractivity contribution in [3.8, 4) is 39.6 Å². The molecule has 3 aromatic carbocycles. The molecule has 1 saturated carbocycles. The number of piperazine rings is 1. The van der Waals surface area contributed by atoms with Crippen molar-refractivity contribution in [3.05, 3.63) is 118 Å². The maximum absolute atomic E-state index is 13.6. The molecule has 4 aliphatic rings. The van der Waals surface area contributed by atoms with Gasteiger partial charge in [-0.15, -0.1) is 8.78 Å². The summed E-state index contributed by atoms with van der Waals surface area (Å²) in [4.78, 5) is 53.1. The molecule has 9 rings (SSSR count). The number of benzene rings is 3. The molecule has 5 heterocycles. The standard InChI is InChI=1S/C50H53F2N7O8/c1-3-33-25-37-28-42(65-46(37)39(27-33)35-11-14-54-43(53)29-35)47(60)58-17-15-57(16-18-58)19-21-63-23-24-64-22-20-59(62)31-34-5-4-6-36(26-34)45-32(2)7-10-44(55-45)56-48(61)49(12-13-49)38-8-9-40-41(30-38)67-50(51,52)66-40/h4-11,14,25-27,29-30,42H,3,12-13,15-24,28,31H2,1-2H3,(H2-,53,54,55,56,61)/p+1/t42-/m1/s1. The number of amides is 2. The van der Waals surface area contributed by atoms with Crippen LogP contribution in [-0.4, -0.2) is 114 Å². The minimum Gasteiger partial charge on any atom is -0.479 e. The van der Waals surface area contributed by atoms with Gasteiger partial charge in [-0.1, -0.05) is 43.3 Å². The van der Waals surface area contributed by atoms with Crippen LogP contribution in [0.1, 0.15) is 47.6 Å². The number of nitrogens with zero attached hydrogens (tertiary/aromatic N) is 5. The summed E-state index contributed by atoms with van der Waals surface area (Å²) in [6, 6.07) is 23.6. The molecule has 0 bridgehead atoms. The van der Waals surface area contributed by atoms with Crippen LogP contribution < -0.4 is 25.3 Å². The molecule has 5 aromatic rings. The van der Waals surface area contributed by atoms with Crippen molar-refractivity contribution in [3.63, 3.8) is 0 Å². The summed E-state index contributed by atoms with van der Waals surface area (Å²) in [5.74, 6) is 1.08. The third-order valence-electron chi connectivity index (χ3n) is 12.8. The highest BCUT2D eigenvalue weighted by Crippen LogP contribution is 2.52. The Bertz CT molecular complexity index is 2670. The number of ether oxygens (including phenoxy) is 5. The second kappa shape index (κ2) is 19.3. The lowest BCUT2D eigenvalue weighted by molar-refractivity contribution is -0.566. The van der Waals surface area contributed by atoms with E-state index >= 15 is 0 Å². The third-order valence-corrected chi connectivity index (χ3v) is 12.8. The molecule has 0 unspecified atom stereocenters. The van der Waals surface area contributed by atoms with Crippen molar-refractivity contribution in [1.82, 2.24) is 19.8 Å². The molecule has 2 fully saturated rings. The van der Waals surface area contributed by atoms with E-state index in [2.05, 4.69) is 43.7 Å². The molecule has 0 radical (unpaired) electrons. The topological polar surface area (TPSA) is 171 Å². The van der Waals surface area contributed by atoms with Gasteiger partial charge < -0.3 is 39.6 Å². The first-order valence-corrected chi connectivity index (χ1v) is 22.8. The molecular formula is C50H54F2N7O8+. The number of hydrogen-bond acceptors (Lipinski definition) is 12. The second-order valence-electron chi connectivity index (χ2n) is 17.4. The number of halogens is 2. The Kier molecular flexibility index (Phi) is 13.2. The van der Waals surface area contributed by atoms with E-state index in [1.54, 1.807) is 18.3 Å². The Hall–Kier alpha value is -6.56. The Balaban J connectivity index is 0.665. The SMILES string of the molecule is CCc1cc2c(c(-c3ccnc(N)c3)c1)O[C@@H](C(=O)N1CCN(CCOCCOCC[N+](=O)Cc3cccc(-c4nc(NC(=O)C5(c6ccc7c(c6)OC(F)(F)O7)CC5)ccc4C)c3)CC1)C2. The van der Waals surface area contributed by atoms with E-state index in [1.807, 2.05) is 54.3 Å². The van der Waals surface area contributed by atoms with Crippen LogP contribution in [0.25, 0.3) is 22.4 Å². The lowest BCUT2D eigenvalue weighted by Crippen LogP contribution is -2.52. The van der Waals surface area contributed by atoms with Crippen LogP contribution in [0.4, 0.5) is 20.4 Å². The first kappa shape index (κ1) is 45.6. The number of nitrogens with two attached hydrogens (primary N) is 1. The highest BCUT2D eigenvalue weighted by molar-refractivity contribution is 6.01. The Morgan fingerprint density at radius 2 is 1.69 bits per heavy atom. The lowest BCUT2D eigenvalue weighted by atomic mass is 9.94. The summed E-state index contributed by atoms with van der Waals surface area (Å²) in [5.41, 5.74) is 12.9. The molecule has 2 aromatic heterocycles. The van der Waals surface area contributed by atoms with E-state index in [1.165, 1.54) is 17.7 Å². The number of pyridine rings is 2. The van der Waals surface area contributed by atoms with Crippen LogP contribution in [0.2, 0.25) is 0 Å². The summed E-state index contributed by atoms with van der Waals surface area (Å²) in [7, 11) is 0. The van der Waals surface area contributed by atoms with Crippen molar-refractivity contribution >= 4 is 23.5 Å². The van der Waals surface area contributed by atoms with Crippen LogP contribution in [0.5, 0.6) is 17.2 Å². The quantitative estimate of drug-likeness (QED) is 0.0705. The minimum atomic E-state index is -3.74. The van der Waals surface area contributed by atoms with Crippen LogP contribution in [0.3, 0.4) is 0 Å². The number of nitrogen functional groups attached to an aromatic ring is 1. The first-order valence-electron chi connectivity index (χ1n) is 22.8. The second-order valence-corrected chi connectivity index (χ2v) is 17.4. The van der Waals surface area contributed by atoms with Gasteiger partial charge in [-0.25, -0.2) is 9.97 Å². The maximum atomic E-state index is 13.6. The Morgan fingerprint density at radius 3 is 2.46 bits per heavy atom. The molecule has 3 aliphatic heterocycles. The molecule has 350 valence electrons. The van der Waals surface area contributed by atoms with E-state index in [0.29, 0.717) is 75.1 Å². The molecule has 0 spiro atoms. The van der Waals surface area contributed by atoms with Crippen molar-refractivity contribution in [2.45, 2.75) is 63.9 Å². The van der Waals surface area contributed by atoms with Crippen LogP contribution >= 0.6 is 0 Å². The van der Waals surface area contributed by atoms with Gasteiger partial charge in [0.25, 0.3) is 5.91 Å². The summed E-state index contributed by atoms with van der Waals surface area (Å²) in [6.45, 7) is 9.38. The number of nitroso groups, excluding NO2 is 1. The molecule has 15 nitrogen and oxygen atoms in total. The predicted octanol–water partition coefficient (Wildman–Crippen LogP) is 6.72. The first-order chi connectivity index (χ1) is 32.4. The number of aromatic nitrogens is 2. The van der Waals surface area contributed by atoms with Gasteiger partial charge in [0, 0.05) is 71.7 Å². The number of aryl methyl sites for hydroxylation is 2. The van der Waals surface area contributed by atoms with E-state index in [-0.39, 0.29) is 43.0 Å². The van der Waals surface area contributed by atoms with Crippen molar-refractivity contribution < 1.29 is 46.8 Å². The van der Waals surface area contributed by atoms with Gasteiger partial charge >= 0.3 is 6.29 Å². The molecule has 17 heteroatoms. The van der Waals surface area contributed by atoms with Crippen LogP contribution in [0.15, 0.2) is 85.1 Å². The van der Waals surface area contributed by atoms with Gasteiger partial charge in [-0.05, 0) is 96.5 Å². The third kappa shape index (κ3) is 10.4. The largest absolute Gasteiger partial charge is 0.586 e. The number of rotatable bonds is 18. The van der Waals surface area contributed by atoms with Crippen LogP contribution in [0, 0.1) is 11.8 Å². The lowest BCUT2D eigenvalue weighted by Gasteiger charge is -2.35. The van der Waals surface area contributed by atoms with E-state index in [0.717, 1.165) is 69.9 Å². The monoisotopic (exact) mass is 918 g/mol. The van der Waals surface area contributed by atoms with Crippen molar-refractivity contribution in [2.24, 2.45) is 0 Å². The number of anilines is 2. The molecule has 2 amide bonds. The summed E-state index contributed by atoms with van der Waals surface area (Å²) < 4.78 is 55.2. The summed E-state index contributed by atoms with van der Waals surface area (Å²) in [5, 5.41) is 2.92. The van der Waals surface area contributed by atoms with Gasteiger partial charge in [0.15, 0.2) is 17.6 Å². The number of carbonyl (C=O) groups excluding carboxylic acids is 2. The number of nitrogens with one attached hydrogen (secondary N) is 1. The fraction of sp³-hybridized carbons (Fsp3) is 0.400. The van der Waals surface area contributed by atoms with E-state index in [4.69, 9.17) is 24.9 Å². The summed E-state index contributed by atoms with van der Waals surface area (Å²) >= 11 is 0.